The molecule has 0 aromatic heterocycles. The average Bonchev–Trinajstić information content (AvgIpc) is 2.45. The zero-order valence-corrected chi connectivity index (χ0v) is 11.0. The second kappa shape index (κ2) is 6.82. The molecule has 0 spiro atoms. The molecule has 0 aliphatic carbocycles. The lowest BCUT2D eigenvalue weighted by Gasteiger charge is -2.09. The highest BCUT2D eigenvalue weighted by Crippen LogP contribution is 2.21. The Morgan fingerprint density at radius 1 is 1.00 bits per heavy atom. The van der Waals surface area contributed by atoms with Gasteiger partial charge in [0.1, 0.15) is 29.8 Å². The fourth-order valence-electron chi connectivity index (χ4n) is 1.67. The van der Waals surface area contributed by atoms with Gasteiger partial charge in [-0.05, 0) is 30.3 Å². The van der Waals surface area contributed by atoms with Crippen LogP contribution in [0.15, 0.2) is 36.4 Å². The zero-order valence-electron chi connectivity index (χ0n) is 11.0. The highest BCUT2D eigenvalue weighted by molar-refractivity contribution is 5.46. The van der Waals surface area contributed by atoms with Crippen molar-refractivity contribution in [2.45, 2.75) is 6.61 Å². The lowest BCUT2D eigenvalue weighted by atomic mass is 10.2. The topological polar surface area (TPSA) is 35.2 Å². The Morgan fingerprint density at radius 2 is 1.71 bits per heavy atom. The molecule has 0 atom stereocenters. The molecule has 21 heavy (non-hydrogen) atoms. The first-order valence-electron chi connectivity index (χ1n) is 6.15. The van der Waals surface area contributed by atoms with Crippen molar-refractivity contribution in [2.24, 2.45) is 5.73 Å². The molecule has 0 heterocycles. The standard InChI is InChI=1S/C16H12F3NO/c17-13-5-6-16(11(8-13)2-1-7-20)21-10-12-3-4-14(18)9-15(12)19/h3-6,8-9H,7,10,20H2. The van der Waals surface area contributed by atoms with Crippen molar-refractivity contribution in [1.29, 1.82) is 0 Å². The molecule has 2 N–H and O–H groups in total. The van der Waals surface area contributed by atoms with Gasteiger partial charge in [-0.2, -0.15) is 0 Å². The van der Waals surface area contributed by atoms with Gasteiger partial charge in [0.2, 0.25) is 0 Å². The van der Waals surface area contributed by atoms with E-state index in [4.69, 9.17) is 10.5 Å². The molecular formula is C16H12F3NO. The zero-order chi connectivity index (χ0) is 15.2. The Labute approximate surface area is 120 Å². The smallest absolute Gasteiger partial charge is 0.135 e. The molecule has 0 fully saturated rings. The van der Waals surface area contributed by atoms with Crippen LogP contribution in [0.3, 0.4) is 0 Å². The average molecular weight is 291 g/mol. The Bertz CT molecular complexity index is 704. The molecule has 5 heteroatoms. The first kappa shape index (κ1) is 14.9. The molecule has 0 saturated heterocycles. The van der Waals surface area contributed by atoms with Crippen LogP contribution in [-0.2, 0) is 6.61 Å². The third-order valence-electron chi connectivity index (χ3n) is 2.67. The summed E-state index contributed by atoms with van der Waals surface area (Å²) in [5.41, 5.74) is 5.79. The maximum Gasteiger partial charge on any atom is 0.135 e. The normalized spacial score (nSPS) is 9.90. The minimum atomic E-state index is -0.702. The van der Waals surface area contributed by atoms with Crippen LogP contribution < -0.4 is 10.5 Å². The van der Waals surface area contributed by atoms with Crippen LogP contribution >= 0.6 is 0 Å². The first-order chi connectivity index (χ1) is 10.1. The van der Waals surface area contributed by atoms with Crippen LogP contribution in [0, 0.1) is 29.3 Å². The molecule has 0 saturated carbocycles. The molecule has 0 aliphatic heterocycles. The second-order valence-corrected chi connectivity index (χ2v) is 4.17. The van der Waals surface area contributed by atoms with E-state index in [2.05, 4.69) is 11.8 Å². The summed E-state index contributed by atoms with van der Waals surface area (Å²) in [4.78, 5) is 0. The summed E-state index contributed by atoms with van der Waals surface area (Å²) in [5, 5.41) is 0. The molecule has 0 radical (unpaired) electrons. The third kappa shape index (κ3) is 4.01. The summed E-state index contributed by atoms with van der Waals surface area (Å²) in [6.07, 6.45) is 0. The molecule has 0 amide bonds. The van der Waals surface area contributed by atoms with Gasteiger partial charge in [0.15, 0.2) is 0 Å². The summed E-state index contributed by atoms with van der Waals surface area (Å²) < 4.78 is 44.9. The number of nitrogens with two attached hydrogens (primary N) is 1. The number of benzene rings is 2. The first-order valence-corrected chi connectivity index (χ1v) is 6.15. The monoisotopic (exact) mass is 291 g/mol. The Morgan fingerprint density at radius 3 is 2.43 bits per heavy atom. The minimum absolute atomic E-state index is 0.116. The molecule has 108 valence electrons. The maximum absolute atomic E-state index is 13.5. The molecule has 0 bridgehead atoms. The van der Waals surface area contributed by atoms with Crippen LogP contribution in [0.5, 0.6) is 5.75 Å². The van der Waals surface area contributed by atoms with Crippen molar-refractivity contribution >= 4 is 0 Å². The van der Waals surface area contributed by atoms with Crippen LogP contribution in [0.25, 0.3) is 0 Å². The molecule has 0 unspecified atom stereocenters. The lowest BCUT2D eigenvalue weighted by molar-refractivity contribution is 0.298. The van der Waals surface area contributed by atoms with Gasteiger partial charge in [-0.3, -0.25) is 0 Å². The number of ether oxygens (including phenoxy) is 1. The predicted molar refractivity (Wildman–Crippen MR) is 73.0 cm³/mol. The summed E-state index contributed by atoms with van der Waals surface area (Å²) in [6, 6.07) is 7.03. The van der Waals surface area contributed by atoms with Gasteiger partial charge in [0.05, 0.1) is 12.1 Å². The van der Waals surface area contributed by atoms with Crippen molar-refractivity contribution in [3.05, 3.63) is 65.0 Å². The van der Waals surface area contributed by atoms with Gasteiger partial charge in [-0.15, -0.1) is 0 Å². The van der Waals surface area contributed by atoms with Gasteiger partial charge in [-0.1, -0.05) is 11.8 Å². The molecule has 2 rings (SSSR count). The summed E-state index contributed by atoms with van der Waals surface area (Å²) in [7, 11) is 0. The van der Waals surface area contributed by atoms with E-state index in [1.807, 2.05) is 0 Å². The minimum Gasteiger partial charge on any atom is -0.487 e. The highest BCUT2D eigenvalue weighted by atomic mass is 19.1. The highest BCUT2D eigenvalue weighted by Gasteiger charge is 2.07. The molecule has 0 aliphatic rings. The second-order valence-electron chi connectivity index (χ2n) is 4.17. The lowest BCUT2D eigenvalue weighted by Crippen LogP contribution is -2.01. The van der Waals surface area contributed by atoms with E-state index in [-0.39, 0.29) is 18.7 Å². The predicted octanol–water partition coefficient (Wildman–Crippen LogP) is 2.99. The number of hydrogen-bond donors (Lipinski definition) is 1. The van der Waals surface area contributed by atoms with E-state index in [1.54, 1.807) is 0 Å². The number of hydrogen-bond acceptors (Lipinski definition) is 2. The number of halogens is 3. The van der Waals surface area contributed by atoms with E-state index in [0.717, 1.165) is 12.1 Å². The summed E-state index contributed by atoms with van der Waals surface area (Å²) >= 11 is 0. The van der Waals surface area contributed by atoms with Gasteiger partial charge in [0, 0.05) is 11.6 Å². The van der Waals surface area contributed by atoms with E-state index >= 15 is 0 Å². The van der Waals surface area contributed by atoms with Crippen LogP contribution in [0.4, 0.5) is 13.2 Å². The van der Waals surface area contributed by atoms with E-state index in [0.29, 0.717) is 11.3 Å². The fraction of sp³-hybridized carbons (Fsp3) is 0.125. The Hall–Kier alpha value is -2.45. The van der Waals surface area contributed by atoms with Crippen molar-refractivity contribution in [1.82, 2.24) is 0 Å². The van der Waals surface area contributed by atoms with E-state index in [1.165, 1.54) is 24.3 Å². The van der Waals surface area contributed by atoms with E-state index < -0.39 is 17.5 Å². The Kier molecular flexibility index (Phi) is 4.85. The molecular weight excluding hydrogens is 279 g/mol. The maximum atomic E-state index is 13.5. The van der Waals surface area contributed by atoms with Crippen LogP contribution in [0.1, 0.15) is 11.1 Å². The van der Waals surface area contributed by atoms with E-state index in [9.17, 15) is 13.2 Å². The van der Waals surface area contributed by atoms with Gasteiger partial charge in [-0.25, -0.2) is 13.2 Å². The molecule has 2 aromatic rings. The van der Waals surface area contributed by atoms with Crippen molar-refractivity contribution in [3.63, 3.8) is 0 Å². The largest absolute Gasteiger partial charge is 0.487 e. The van der Waals surface area contributed by atoms with Crippen LogP contribution in [0.2, 0.25) is 0 Å². The van der Waals surface area contributed by atoms with Gasteiger partial charge in [0.25, 0.3) is 0 Å². The van der Waals surface area contributed by atoms with Crippen LogP contribution in [-0.4, -0.2) is 6.54 Å². The Balaban J connectivity index is 2.19. The molecule has 2 nitrogen and oxygen atoms in total. The van der Waals surface area contributed by atoms with Gasteiger partial charge < -0.3 is 10.5 Å². The quantitative estimate of drug-likeness (QED) is 0.882. The fourth-order valence-corrected chi connectivity index (χ4v) is 1.67. The van der Waals surface area contributed by atoms with Crippen molar-refractivity contribution in [2.75, 3.05) is 6.54 Å². The number of rotatable bonds is 3. The van der Waals surface area contributed by atoms with Crippen molar-refractivity contribution < 1.29 is 17.9 Å². The van der Waals surface area contributed by atoms with Crippen molar-refractivity contribution in [3.8, 4) is 17.6 Å². The van der Waals surface area contributed by atoms with Gasteiger partial charge >= 0.3 is 0 Å². The summed E-state index contributed by atoms with van der Waals surface area (Å²) in [5.74, 6) is 3.76. The molecule has 2 aromatic carbocycles. The third-order valence-corrected chi connectivity index (χ3v) is 2.67. The summed E-state index contributed by atoms with van der Waals surface area (Å²) in [6.45, 7) is 0.0115. The SMILES string of the molecule is NCC#Cc1cc(F)ccc1OCc1ccc(F)cc1F.